The summed E-state index contributed by atoms with van der Waals surface area (Å²) in [5, 5.41) is 1.86. The summed E-state index contributed by atoms with van der Waals surface area (Å²) in [5.41, 5.74) is 3.01. The monoisotopic (exact) mass is 422 g/mol. The molecule has 0 saturated carbocycles. The second-order valence-corrected chi connectivity index (χ2v) is 8.87. The normalized spacial score (nSPS) is 27.1. The number of carbonyl (C=O) groups is 3. The maximum Gasteiger partial charge on any atom is 0.235 e. The molecule has 1 aromatic carbocycles. The zero-order chi connectivity index (χ0) is 21.0. The Hall–Kier alpha value is -2.77. The van der Waals surface area contributed by atoms with Gasteiger partial charge in [0.05, 0.1) is 35.9 Å². The van der Waals surface area contributed by atoms with Gasteiger partial charge in [-0.05, 0) is 30.0 Å². The molecule has 154 valence electrons. The van der Waals surface area contributed by atoms with Crippen LogP contribution in [0.15, 0.2) is 47.9 Å². The maximum absolute atomic E-state index is 13.6. The smallest absolute Gasteiger partial charge is 0.235 e. The van der Waals surface area contributed by atoms with E-state index in [1.165, 1.54) is 16.2 Å². The largest absolute Gasteiger partial charge is 0.383 e. The number of hydrogen-bond acceptors (Lipinski definition) is 6. The van der Waals surface area contributed by atoms with E-state index < -0.39 is 17.9 Å². The average molecular weight is 423 g/mol. The third-order valence-electron chi connectivity index (χ3n) is 6.40. The van der Waals surface area contributed by atoms with Crippen LogP contribution in [0.3, 0.4) is 0 Å². The van der Waals surface area contributed by atoms with Gasteiger partial charge in [-0.1, -0.05) is 30.3 Å². The lowest BCUT2D eigenvalue weighted by atomic mass is 9.86. The Morgan fingerprint density at radius 1 is 1.10 bits per heavy atom. The van der Waals surface area contributed by atoms with Gasteiger partial charge in [0.2, 0.25) is 11.8 Å². The van der Waals surface area contributed by atoms with Crippen molar-refractivity contribution in [3.05, 3.63) is 58.3 Å². The minimum atomic E-state index is -0.701. The van der Waals surface area contributed by atoms with Crippen molar-refractivity contribution in [2.75, 3.05) is 25.2 Å². The number of ketones is 1. The van der Waals surface area contributed by atoms with Crippen molar-refractivity contribution in [2.45, 2.75) is 19.0 Å². The molecule has 7 heteroatoms. The fourth-order valence-corrected chi connectivity index (χ4v) is 5.82. The first kappa shape index (κ1) is 19.2. The summed E-state index contributed by atoms with van der Waals surface area (Å²) in [5.74, 6) is -1.83. The molecule has 0 radical (unpaired) electrons. The molecule has 0 N–H and O–H groups in total. The van der Waals surface area contributed by atoms with Gasteiger partial charge in [-0.15, -0.1) is 11.3 Å². The van der Waals surface area contributed by atoms with Crippen molar-refractivity contribution in [2.24, 2.45) is 11.8 Å². The number of imide groups is 1. The molecule has 6 nitrogen and oxygen atoms in total. The van der Waals surface area contributed by atoms with Crippen LogP contribution in [0.2, 0.25) is 0 Å². The highest BCUT2D eigenvalue weighted by Crippen LogP contribution is 2.50. The Morgan fingerprint density at radius 3 is 2.60 bits per heavy atom. The second-order valence-electron chi connectivity index (χ2n) is 7.92. The number of benzene rings is 1. The lowest BCUT2D eigenvalue weighted by Gasteiger charge is -2.37. The van der Waals surface area contributed by atoms with Crippen molar-refractivity contribution < 1.29 is 19.1 Å². The van der Waals surface area contributed by atoms with E-state index in [2.05, 4.69) is 0 Å². The topological polar surface area (TPSA) is 66.9 Å². The third kappa shape index (κ3) is 2.62. The molecule has 0 unspecified atom stereocenters. The summed E-state index contributed by atoms with van der Waals surface area (Å²) in [6.07, 6.45) is 2.05. The van der Waals surface area contributed by atoms with Gasteiger partial charge in [-0.25, -0.2) is 0 Å². The Bertz CT molecular complexity index is 1060. The SMILES string of the molecule is COCCN1C(=O)[C@@H]2[C@H](C1=O)[C@H](C(=O)c1cccs1)N1c3ccccc3C(C)=C[C@H]21. The van der Waals surface area contributed by atoms with Crippen LogP contribution in [0, 0.1) is 11.8 Å². The molecule has 2 amide bonds. The predicted octanol–water partition coefficient (Wildman–Crippen LogP) is 2.85. The van der Waals surface area contributed by atoms with Gasteiger partial charge in [-0.2, -0.15) is 0 Å². The Morgan fingerprint density at radius 2 is 1.87 bits per heavy atom. The standard InChI is InChI=1S/C23H22N2O4S/c1-13-12-16-18-19(23(28)24(22(18)27)9-10-29-2)20(21(26)17-8-5-11-30-17)25(16)15-7-4-3-6-14(13)15/h3-8,11-12,16,18-20H,9-10H2,1-2H3/t16-,18+,19+,20-/m1/s1. The highest BCUT2D eigenvalue weighted by Gasteiger charge is 2.64. The number of nitrogens with zero attached hydrogens (tertiary/aromatic N) is 2. The zero-order valence-electron chi connectivity index (χ0n) is 16.8. The number of anilines is 1. The van der Waals surface area contributed by atoms with Crippen LogP contribution >= 0.6 is 11.3 Å². The van der Waals surface area contributed by atoms with Crippen LogP contribution in [0.5, 0.6) is 0 Å². The minimum absolute atomic E-state index is 0.0972. The second kappa shape index (κ2) is 7.18. The molecule has 0 bridgehead atoms. The molecular formula is C23H22N2O4S. The van der Waals surface area contributed by atoms with Crippen LogP contribution < -0.4 is 4.90 Å². The fraction of sp³-hybridized carbons (Fsp3) is 0.348. The number of hydrogen-bond donors (Lipinski definition) is 0. The van der Waals surface area contributed by atoms with E-state index in [9.17, 15) is 14.4 Å². The molecule has 1 aromatic heterocycles. The van der Waals surface area contributed by atoms with E-state index in [1.807, 2.05) is 53.6 Å². The Labute approximate surface area is 178 Å². The van der Waals surface area contributed by atoms with Crippen LogP contribution in [-0.2, 0) is 14.3 Å². The molecule has 2 saturated heterocycles. The van der Waals surface area contributed by atoms with Crippen molar-refractivity contribution in [3.63, 3.8) is 0 Å². The predicted molar refractivity (Wildman–Crippen MR) is 114 cm³/mol. The van der Waals surface area contributed by atoms with Gasteiger partial charge >= 0.3 is 0 Å². The fourth-order valence-electron chi connectivity index (χ4n) is 5.13. The van der Waals surface area contributed by atoms with E-state index in [1.54, 1.807) is 13.2 Å². The third-order valence-corrected chi connectivity index (χ3v) is 7.28. The lowest BCUT2D eigenvalue weighted by Crippen LogP contribution is -2.49. The number of likely N-dealkylation sites (tertiary alicyclic amines) is 1. The highest BCUT2D eigenvalue weighted by molar-refractivity contribution is 7.12. The van der Waals surface area contributed by atoms with Crippen molar-refractivity contribution >= 4 is 40.2 Å². The number of Topliss-reactive ketones (excluding diaryl/α,β-unsaturated/α-hetero) is 1. The van der Waals surface area contributed by atoms with Gasteiger partial charge in [0.15, 0.2) is 5.78 Å². The summed E-state index contributed by atoms with van der Waals surface area (Å²) in [7, 11) is 1.54. The number of fused-ring (bicyclic) bond motifs is 5. The van der Waals surface area contributed by atoms with Crippen LogP contribution in [0.1, 0.15) is 22.2 Å². The van der Waals surface area contributed by atoms with Crippen LogP contribution in [0.4, 0.5) is 5.69 Å². The number of amides is 2. The number of ether oxygens (including phenoxy) is 1. The number of rotatable bonds is 5. The first-order valence-corrected chi connectivity index (χ1v) is 10.9. The molecule has 5 rings (SSSR count). The summed E-state index contributed by atoms with van der Waals surface area (Å²) in [6, 6.07) is 10.5. The number of allylic oxidation sites excluding steroid dienone is 1. The number of thiophene rings is 1. The van der Waals surface area contributed by atoms with E-state index in [4.69, 9.17) is 4.74 Å². The van der Waals surface area contributed by atoms with E-state index in [0.29, 0.717) is 4.88 Å². The minimum Gasteiger partial charge on any atom is -0.383 e. The van der Waals surface area contributed by atoms with Gasteiger partial charge < -0.3 is 9.64 Å². The molecule has 4 atom stereocenters. The molecule has 0 aliphatic carbocycles. The molecule has 3 aliphatic heterocycles. The summed E-state index contributed by atoms with van der Waals surface area (Å²) >= 11 is 1.37. The lowest BCUT2D eigenvalue weighted by molar-refractivity contribution is -0.141. The van der Waals surface area contributed by atoms with Crippen molar-refractivity contribution in [1.82, 2.24) is 4.90 Å². The summed E-state index contributed by atoms with van der Waals surface area (Å²) in [6.45, 7) is 2.52. The quantitative estimate of drug-likeness (QED) is 0.548. The summed E-state index contributed by atoms with van der Waals surface area (Å²) < 4.78 is 5.09. The summed E-state index contributed by atoms with van der Waals surface area (Å²) in [4.78, 5) is 44.2. The molecule has 4 heterocycles. The first-order chi connectivity index (χ1) is 14.5. The van der Waals surface area contributed by atoms with Gasteiger partial charge in [0.1, 0.15) is 6.04 Å². The average Bonchev–Trinajstić information content (AvgIpc) is 3.44. The van der Waals surface area contributed by atoms with Gasteiger partial charge in [0.25, 0.3) is 0 Å². The molecular weight excluding hydrogens is 400 g/mol. The first-order valence-electron chi connectivity index (χ1n) is 10.0. The highest BCUT2D eigenvalue weighted by atomic mass is 32.1. The Kier molecular flexibility index (Phi) is 4.60. The van der Waals surface area contributed by atoms with Gasteiger partial charge in [-0.3, -0.25) is 19.3 Å². The molecule has 3 aliphatic rings. The van der Waals surface area contributed by atoms with Crippen molar-refractivity contribution in [1.29, 1.82) is 0 Å². The molecule has 0 spiro atoms. The van der Waals surface area contributed by atoms with Crippen molar-refractivity contribution in [3.8, 4) is 0 Å². The van der Waals surface area contributed by atoms with Crippen LogP contribution in [0.25, 0.3) is 5.57 Å². The molecule has 30 heavy (non-hydrogen) atoms. The number of carbonyl (C=O) groups excluding carboxylic acids is 3. The van der Waals surface area contributed by atoms with E-state index in [-0.39, 0.29) is 36.8 Å². The maximum atomic E-state index is 13.6. The van der Waals surface area contributed by atoms with Gasteiger partial charge in [0, 0.05) is 18.4 Å². The number of methoxy groups -OCH3 is 1. The Balaban J connectivity index is 1.65. The van der Waals surface area contributed by atoms with E-state index >= 15 is 0 Å². The number of para-hydroxylation sites is 1. The molecule has 2 fully saturated rings. The zero-order valence-corrected chi connectivity index (χ0v) is 17.6. The van der Waals surface area contributed by atoms with E-state index in [0.717, 1.165) is 16.8 Å². The van der Waals surface area contributed by atoms with Crippen LogP contribution in [-0.4, -0.2) is 54.8 Å². The molecule has 2 aromatic rings.